The first kappa shape index (κ1) is 21.5. The Hall–Kier alpha value is -2.37. The van der Waals surface area contributed by atoms with Crippen molar-refractivity contribution in [2.45, 2.75) is 64.1 Å². The molecule has 166 valence electrons. The second-order valence-electron chi connectivity index (χ2n) is 8.94. The van der Waals surface area contributed by atoms with Crippen LogP contribution >= 0.6 is 23.8 Å². The lowest BCUT2D eigenvalue weighted by molar-refractivity contribution is 0.197. The Labute approximate surface area is 200 Å². The molecule has 1 saturated heterocycles. The molecule has 0 radical (unpaired) electrons. The Kier molecular flexibility index (Phi) is 5.95. The molecule has 4 nitrogen and oxygen atoms in total. The molecule has 1 N–H and O–H groups in total. The van der Waals surface area contributed by atoms with Gasteiger partial charge >= 0.3 is 0 Å². The summed E-state index contributed by atoms with van der Waals surface area (Å²) in [5, 5.41) is 5.24. The highest BCUT2D eigenvalue weighted by Gasteiger charge is 2.44. The first-order chi connectivity index (χ1) is 15.6. The third-order valence-electron chi connectivity index (χ3n) is 6.99. The third-order valence-corrected chi connectivity index (χ3v) is 7.63. The molecule has 6 heteroatoms. The van der Waals surface area contributed by atoms with Crippen LogP contribution in [0.4, 0.5) is 0 Å². The van der Waals surface area contributed by atoms with Gasteiger partial charge in [0.15, 0.2) is 5.11 Å². The van der Waals surface area contributed by atoms with E-state index in [0.717, 1.165) is 21.5 Å². The van der Waals surface area contributed by atoms with Gasteiger partial charge in [0.2, 0.25) is 0 Å². The Morgan fingerprint density at radius 3 is 2.50 bits per heavy atom. The van der Waals surface area contributed by atoms with Crippen LogP contribution in [0.5, 0.6) is 0 Å². The third kappa shape index (κ3) is 3.71. The van der Waals surface area contributed by atoms with Gasteiger partial charge in [-0.1, -0.05) is 49.1 Å². The SMILES string of the molecule is Cc1cc([C@@H]2[C@@H](c3ccccn3)NC(=S)N2C2CCCCC2)c(C)n1-c1ccccc1Cl. The maximum Gasteiger partial charge on any atom is 0.170 e. The molecule has 2 aliphatic rings. The van der Waals surface area contributed by atoms with E-state index in [2.05, 4.69) is 52.9 Å². The largest absolute Gasteiger partial charge is 0.352 e. The topological polar surface area (TPSA) is 33.1 Å². The van der Waals surface area contributed by atoms with Crippen molar-refractivity contribution < 1.29 is 0 Å². The summed E-state index contributed by atoms with van der Waals surface area (Å²) in [5.41, 5.74) is 5.71. The van der Waals surface area contributed by atoms with E-state index in [0.29, 0.717) is 6.04 Å². The van der Waals surface area contributed by atoms with Crippen molar-refractivity contribution in [3.8, 4) is 5.69 Å². The van der Waals surface area contributed by atoms with Crippen molar-refractivity contribution in [3.63, 3.8) is 0 Å². The number of para-hydroxylation sites is 1. The van der Waals surface area contributed by atoms with E-state index >= 15 is 0 Å². The van der Waals surface area contributed by atoms with Crippen LogP contribution in [0, 0.1) is 13.8 Å². The summed E-state index contributed by atoms with van der Waals surface area (Å²) in [5.74, 6) is 0. The second-order valence-corrected chi connectivity index (χ2v) is 9.73. The quantitative estimate of drug-likeness (QED) is 0.450. The van der Waals surface area contributed by atoms with Gasteiger partial charge in [0.05, 0.1) is 28.5 Å². The predicted octanol–water partition coefficient (Wildman–Crippen LogP) is 6.45. The fourth-order valence-corrected chi connectivity index (χ4v) is 6.15. The standard InChI is InChI=1S/C26H29ClN4S/c1-17-16-20(18(2)30(17)23-14-7-6-12-21(23)27)25-24(22-13-8-9-15-28-22)29-26(32)31(25)19-10-4-3-5-11-19/h6-9,12-16,19,24-25H,3-5,10-11H2,1-2H3,(H,29,32)/t24-,25-/m1/s1. The van der Waals surface area contributed by atoms with Crippen LogP contribution in [0.2, 0.25) is 5.02 Å². The van der Waals surface area contributed by atoms with Gasteiger partial charge in [-0.2, -0.15) is 0 Å². The van der Waals surface area contributed by atoms with Crippen molar-refractivity contribution >= 4 is 28.9 Å². The summed E-state index contributed by atoms with van der Waals surface area (Å²) in [6.45, 7) is 4.35. The number of thiocarbonyl (C=S) groups is 1. The number of rotatable bonds is 4. The number of pyridine rings is 1. The summed E-state index contributed by atoms with van der Waals surface area (Å²) in [7, 11) is 0. The minimum absolute atomic E-state index is 0.0193. The van der Waals surface area contributed by atoms with E-state index in [4.69, 9.17) is 28.8 Å². The summed E-state index contributed by atoms with van der Waals surface area (Å²) in [4.78, 5) is 7.18. The summed E-state index contributed by atoms with van der Waals surface area (Å²) in [6, 6.07) is 17.1. The normalized spacial score (nSPS) is 21.7. The molecule has 0 bridgehead atoms. The van der Waals surface area contributed by atoms with Gasteiger partial charge in [0.25, 0.3) is 0 Å². The minimum Gasteiger partial charge on any atom is -0.352 e. The zero-order valence-corrected chi connectivity index (χ0v) is 20.2. The minimum atomic E-state index is 0.0193. The van der Waals surface area contributed by atoms with E-state index in [9.17, 15) is 0 Å². The predicted molar refractivity (Wildman–Crippen MR) is 134 cm³/mol. The maximum absolute atomic E-state index is 6.60. The molecular weight excluding hydrogens is 436 g/mol. The molecule has 1 aliphatic heterocycles. The second kappa shape index (κ2) is 8.87. The smallest absolute Gasteiger partial charge is 0.170 e. The van der Waals surface area contributed by atoms with Crippen LogP contribution in [0.15, 0.2) is 54.7 Å². The van der Waals surface area contributed by atoms with Gasteiger partial charge in [-0.15, -0.1) is 0 Å². The average Bonchev–Trinajstić information content (AvgIpc) is 3.31. The van der Waals surface area contributed by atoms with E-state index in [1.54, 1.807) is 0 Å². The molecule has 3 aromatic rings. The first-order valence-electron chi connectivity index (χ1n) is 11.5. The highest BCUT2D eigenvalue weighted by atomic mass is 35.5. The van der Waals surface area contributed by atoms with Crippen LogP contribution in [0.3, 0.4) is 0 Å². The number of benzene rings is 1. The Morgan fingerprint density at radius 1 is 1.03 bits per heavy atom. The van der Waals surface area contributed by atoms with Crippen LogP contribution < -0.4 is 5.32 Å². The van der Waals surface area contributed by atoms with Gasteiger partial charge in [-0.3, -0.25) is 4.98 Å². The zero-order chi connectivity index (χ0) is 22.2. The van der Waals surface area contributed by atoms with Crippen molar-refractivity contribution in [1.29, 1.82) is 0 Å². The van der Waals surface area contributed by atoms with Crippen LogP contribution in [-0.2, 0) is 0 Å². The molecule has 1 saturated carbocycles. The molecule has 0 unspecified atom stereocenters. The Bertz CT molecular complexity index is 1120. The fraction of sp³-hybridized carbons (Fsp3) is 0.385. The molecule has 2 atom stereocenters. The first-order valence-corrected chi connectivity index (χ1v) is 12.3. The molecule has 0 amide bonds. The highest BCUT2D eigenvalue weighted by Crippen LogP contribution is 2.44. The van der Waals surface area contributed by atoms with Crippen molar-refractivity contribution in [2.24, 2.45) is 0 Å². The van der Waals surface area contributed by atoms with Crippen molar-refractivity contribution in [2.75, 3.05) is 0 Å². The molecule has 3 heterocycles. The molecule has 1 aromatic carbocycles. The van der Waals surface area contributed by atoms with Crippen molar-refractivity contribution in [3.05, 3.63) is 82.4 Å². The molecule has 1 aliphatic carbocycles. The number of hydrogen-bond acceptors (Lipinski definition) is 2. The van der Waals surface area contributed by atoms with Gasteiger partial charge in [0, 0.05) is 23.6 Å². The number of aryl methyl sites for hydroxylation is 1. The van der Waals surface area contributed by atoms with Gasteiger partial charge in [-0.25, -0.2) is 0 Å². The summed E-state index contributed by atoms with van der Waals surface area (Å²) < 4.78 is 2.27. The molecule has 0 spiro atoms. The number of nitrogens with one attached hydrogen (secondary N) is 1. The molecule has 5 rings (SSSR count). The van der Waals surface area contributed by atoms with E-state index in [-0.39, 0.29) is 12.1 Å². The number of aromatic nitrogens is 2. The molecular formula is C26H29ClN4S. The van der Waals surface area contributed by atoms with Crippen LogP contribution in [-0.4, -0.2) is 25.6 Å². The van der Waals surface area contributed by atoms with Gasteiger partial charge in [0.1, 0.15) is 0 Å². The van der Waals surface area contributed by atoms with E-state index < -0.39 is 0 Å². The van der Waals surface area contributed by atoms with Crippen LogP contribution in [0.25, 0.3) is 5.69 Å². The Balaban J connectivity index is 1.64. The molecule has 2 aromatic heterocycles. The monoisotopic (exact) mass is 464 g/mol. The fourth-order valence-electron chi connectivity index (χ4n) is 5.54. The Morgan fingerprint density at radius 2 is 1.78 bits per heavy atom. The van der Waals surface area contributed by atoms with Gasteiger partial charge < -0.3 is 14.8 Å². The number of halogens is 1. The molecule has 2 fully saturated rings. The van der Waals surface area contributed by atoms with Crippen molar-refractivity contribution in [1.82, 2.24) is 19.8 Å². The lowest BCUT2D eigenvalue weighted by atomic mass is 9.90. The van der Waals surface area contributed by atoms with E-state index in [1.807, 2.05) is 30.5 Å². The zero-order valence-electron chi connectivity index (χ0n) is 18.6. The molecule has 32 heavy (non-hydrogen) atoms. The highest BCUT2D eigenvalue weighted by molar-refractivity contribution is 7.80. The lowest BCUT2D eigenvalue weighted by Gasteiger charge is -2.37. The van der Waals surface area contributed by atoms with Gasteiger partial charge in [-0.05, 0) is 74.8 Å². The maximum atomic E-state index is 6.60. The van der Waals surface area contributed by atoms with E-state index in [1.165, 1.54) is 49.1 Å². The average molecular weight is 465 g/mol. The lowest BCUT2D eigenvalue weighted by Crippen LogP contribution is -2.40. The van der Waals surface area contributed by atoms with Crippen LogP contribution in [0.1, 0.15) is 66.8 Å². The number of nitrogens with zero attached hydrogens (tertiary/aromatic N) is 3. The number of hydrogen-bond donors (Lipinski definition) is 1. The summed E-state index contributed by atoms with van der Waals surface area (Å²) >= 11 is 12.5. The summed E-state index contributed by atoms with van der Waals surface area (Å²) in [6.07, 6.45) is 8.10.